The van der Waals surface area contributed by atoms with Gasteiger partial charge in [0.2, 0.25) is 11.8 Å². The van der Waals surface area contributed by atoms with Crippen LogP contribution in [0.2, 0.25) is 0 Å². The summed E-state index contributed by atoms with van der Waals surface area (Å²) >= 11 is 0. The first-order chi connectivity index (χ1) is 22.4. The molecule has 0 saturated carbocycles. The molecule has 13 nitrogen and oxygen atoms in total. The van der Waals surface area contributed by atoms with Crippen molar-refractivity contribution >= 4 is 34.2 Å². The molecule has 0 bridgehead atoms. The fraction of sp³-hybridized carbons (Fsp3) is 0.364. The minimum absolute atomic E-state index is 0.0302. The number of amides is 2. The summed E-state index contributed by atoms with van der Waals surface area (Å²) in [7, 11) is 3.71. The van der Waals surface area contributed by atoms with Crippen molar-refractivity contribution in [3.05, 3.63) is 66.6 Å². The zero-order chi connectivity index (χ0) is 31.8. The summed E-state index contributed by atoms with van der Waals surface area (Å²) in [6.45, 7) is 5.30. The van der Waals surface area contributed by atoms with E-state index < -0.39 is 0 Å². The molecule has 0 unspecified atom stereocenters. The van der Waals surface area contributed by atoms with Gasteiger partial charge in [0, 0.05) is 52.0 Å². The maximum atomic E-state index is 13.7. The summed E-state index contributed by atoms with van der Waals surface area (Å²) in [5, 5.41) is 16.3. The topological polar surface area (TPSA) is 134 Å². The molecule has 2 amide bonds. The number of nitrogens with one attached hydrogen (secondary N) is 1. The Labute approximate surface area is 266 Å². The molecule has 0 aliphatic carbocycles. The van der Waals surface area contributed by atoms with Gasteiger partial charge in [-0.3, -0.25) is 33.9 Å². The smallest absolute Gasteiger partial charge is 0.237 e. The van der Waals surface area contributed by atoms with Crippen molar-refractivity contribution in [2.45, 2.75) is 19.8 Å². The van der Waals surface area contributed by atoms with Crippen LogP contribution < -0.4 is 4.90 Å². The number of H-pyrrole nitrogens is 1. The van der Waals surface area contributed by atoms with E-state index in [0.29, 0.717) is 68.5 Å². The number of likely N-dealkylation sites (tertiary alicyclic amines) is 1. The Morgan fingerprint density at radius 1 is 1.00 bits per heavy atom. The molecule has 5 aromatic rings. The molecule has 2 aliphatic heterocycles. The molecule has 6 heterocycles. The van der Waals surface area contributed by atoms with Crippen LogP contribution >= 0.6 is 0 Å². The summed E-state index contributed by atoms with van der Waals surface area (Å²) in [6.07, 6.45) is 7.21. The molecule has 1 saturated heterocycles. The van der Waals surface area contributed by atoms with Crippen molar-refractivity contribution < 1.29 is 9.59 Å². The Morgan fingerprint density at radius 2 is 1.83 bits per heavy atom. The maximum absolute atomic E-state index is 13.7. The quantitative estimate of drug-likeness (QED) is 0.280. The Kier molecular flexibility index (Phi) is 7.91. The van der Waals surface area contributed by atoms with E-state index in [1.807, 2.05) is 62.4 Å². The van der Waals surface area contributed by atoms with Gasteiger partial charge in [-0.2, -0.15) is 15.3 Å². The van der Waals surface area contributed by atoms with Crippen molar-refractivity contribution in [2.24, 2.45) is 20.0 Å². The number of anilines is 1. The number of pyridine rings is 1. The molecule has 236 valence electrons. The van der Waals surface area contributed by atoms with Crippen molar-refractivity contribution in [1.82, 2.24) is 49.5 Å². The lowest BCUT2D eigenvalue weighted by Crippen LogP contribution is -2.42. The van der Waals surface area contributed by atoms with Gasteiger partial charge in [-0.05, 0) is 55.6 Å². The molecule has 13 heteroatoms. The Bertz CT molecular complexity index is 1920. The first-order valence-electron chi connectivity index (χ1n) is 15.7. The van der Waals surface area contributed by atoms with Crippen molar-refractivity contribution in [3.8, 4) is 22.8 Å². The molecule has 46 heavy (non-hydrogen) atoms. The van der Waals surface area contributed by atoms with Crippen LogP contribution in [0.3, 0.4) is 0 Å². The largest absolute Gasteiger partial charge is 0.338 e. The number of nitrogens with zero attached hydrogens (tertiary/aromatic N) is 10. The summed E-state index contributed by atoms with van der Waals surface area (Å²) in [5.41, 5.74) is 6.22. The summed E-state index contributed by atoms with van der Waals surface area (Å²) in [4.78, 5) is 41.9. The molecule has 1 atom stereocenters. The summed E-state index contributed by atoms with van der Waals surface area (Å²) in [5.74, 6) is 1.23. The number of aromatic amines is 1. The van der Waals surface area contributed by atoms with E-state index >= 15 is 0 Å². The number of hydrogen-bond acceptors (Lipinski definition) is 8. The normalized spacial score (nSPS) is 17.1. The number of carbonyl (C=O) groups excluding carboxylic acids is 2. The van der Waals surface area contributed by atoms with Crippen LogP contribution in [0.5, 0.6) is 0 Å². The predicted molar refractivity (Wildman–Crippen MR) is 174 cm³/mol. The molecular formula is C33H37N11O2. The standard InChI is InChI=1S/C33H37N11O2/c1-4-44(28-10-9-26-30(35-28)31(37-36-26)27-14-15-40(2)38-27)33(46)25-11-16-42(19-25)20-29(45)43-17-12-23(13-18-43)22-5-7-24(8-6-22)32-34-21-41(3)39-32/h5-10,12,14-15,21,25H,4,11,13,16-20H2,1-3H3,(H,36,37)/t25-/m1/s1. The zero-order valence-corrected chi connectivity index (χ0v) is 26.3. The number of aromatic nitrogens is 8. The highest BCUT2D eigenvalue weighted by Gasteiger charge is 2.34. The van der Waals surface area contributed by atoms with E-state index in [-0.39, 0.29) is 17.7 Å². The molecular weight excluding hydrogens is 582 g/mol. The Hall–Kier alpha value is -5.17. The Morgan fingerprint density at radius 3 is 2.52 bits per heavy atom. The van der Waals surface area contributed by atoms with Crippen molar-refractivity contribution in [3.63, 3.8) is 0 Å². The monoisotopic (exact) mass is 619 g/mol. The molecule has 7 rings (SSSR count). The molecule has 2 aliphatic rings. The van der Waals surface area contributed by atoms with Gasteiger partial charge in [0.25, 0.3) is 0 Å². The van der Waals surface area contributed by atoms with Gasteiger partial charge in [0.05, 0.1) is 18.0 Å². The average Bonchev–Trinajstić information content (AvgIpc) is 3.89. The van der Waals surface area contributed by atoms with Crippen molar-refractivity contribution in [1.29, 1.82) is 0 Å². The molecule has 4 aromatic heterocycles. The highest BCUT2D eigenvalue weighted by Crippen LogP contribution is 2.28. The predicted octanol–water partition coefficient (Wildman–Crippen LogP) is 3.14. The lowest BCUT2D eigenvalue weighted by Gasteiger charge is -2.29. The van der Waals surface area contributed by atoms with Crippen LogP contribution in [-0.2, 0) is 23.7 Å². The van der Waals surface area contributed by atoms with Gasteiger partial charge in [-0.1, -0.05) is 30.3 Å². The fourth-order valence-electron chi connectivity index (χ4n) is 6.34. The third kappa shape index (κ3) is 5.81. The van der Waals surface area contributed by atoms with Crippen molar-refractivity contribution in [2.75, 3.05) is 44.2 Å². The number of aryl methyl sites for hydroxylation is 2. The molecule has 0 spiro atoms. The van der Waals surface area contributed by atoms with Crippen LogP contribution in [0.4, 0.5) is 5.82 Å². The summed E-state index contributed by atoms with van der Waals surface area (Å²) < 4.78 is 3.42. The van der Waals surface area contributed by atoms with Gasteiger partial charge in [0.1, 0.15) is 29.0 Å². The molecule has 0 radical (unpaired) electrons. The fourth-order valence-corrected chi connectivity index (χ4v) is 6.34. The van der Waals surface area contributed by atoms with Gasteiger partial charge in [-0.25, -0.2) is 9.97 Å². The maximum Gasteiger partial charge on any atom is 0.237 e. The van der Waals surface area contributed by atoms with E-state index in [4.69, 9.17) is 4.98 Å². The van der Waals surface area contributed by atoms with E-state index in [0.717, 1.165) is 28.8 Å². The van der Waals surface area contributed by atoms with Crippen LogP contribution in [0.1, 0.15) is 25.3 Å². The first kappa shape index (κ1) is 29.5. The summed E-state index contributed by atoms with van der Waals surface area (Å²) in [6, 6.07) is 13.9. The van der Waals surface area contributed by atoms with Gasteiger partial charge >= 0.3 is 0 Å². The van der Waals surface area contributed by atoms with Crippen LogP contribution in [0, 0.1) is 5.92 Å². The molecule has 1 fully saturated rings. The number of benzene rings is 1. The van der Waals surface area contributed by atoms with Crippen LogP contribution in [-0.4, -0.2) is 101 Å². The van der Waals surface area contributed by atoms with E-state index in [9.17, 15) is 9.59 Å². The third-order valence-electron chi connectivity index (χ3n) is 8.86. The average molecular weight is 620 g/mol. The van der Waals surface area contributed by atoms with E-state index in [1.165, 1.54) is 5.57 Å². The van der Waals surface area contributed by atoms with Gasteiger partial charge < -0.3 is 4.90 Å². The minimum Gasteiger partial charge on any atom is -0.338 e. The number of hydrogen-bond donors (Lipinski definition) is 1. The highest BCUT2D eigenvalue weighted by atomic mass is 16.2. The highest BCUT2D eigenvalue weighted by molar-refractivity contribution is 5.97. The number of rotatable bonds is 8. The molecule has 1 aromatic carbocycles. The first-order valence-corrected chi connectivity index (χ1v) is 15.7. The lowest BCUT2D eigenvalue weighted by molar-refractivity contribution is -0.132. The number of fused-ring (bicyclic) bond motifs is 1. The van der Waals surface area contributed by atoms with Crippen LogP contribution in [0.15, 0.2) is 61.1 Å². The second-order valence-electron chi connectivity index (χ2n) is 12.0. The SMILES string of the molecule is CCN(C(=O)[C@@H]1CCN(CC(=O)N2CC=C(c3ccc(-c4ncn(C)n4)cc3)CC2)C1)c1ccc2[nH]nc(-c3ccn(C)n3)c2n1. The van der Waals surface area contributed by atoms with Crippen LogP contribution in [0.25, 0.3) is 39.4 Å². The van der Waals surface area contributed by atoms with Gasteiger partial charge in [-0.15, -0.1) is 0 Å². The Balaban J connectivity index is 0.952. The van der Waals surface area contributed by atoms with E-state index in [2.05, 4.69) is 48.5 Å². The number of carbonyl (C=O) groups is 2. The van der Waals surface area contributed by atoms with E-state index in [1.54, 1.807) is 20.6 Å². The second-order valence-corrected chi connectivity index (χ2v) is 12.0. The lowest BCUT2D eigenvalue weighted by atomic mass is 9.98. The van der Waals surface area contributed by atoms with Gasteiger partial charge in [0.15, 0.2) is 5.82 Å². The minimum atomic E-state index is -0.193. The third-order valence-corrected chi connectivity index (χ3v) is 8.86. The zero-order valence-electron chi connectivity index (χ0n) is 26.3. The molecule has 1 N–H and O–H groups in total. The second kappa shape index (κ2) is 12.3.